The van der Waals surface area contributed by atoms with Crippen LogP contribution in [0.25, 0.3) is 6.08 Å². The van der Waals surface area contributed by atoms with Crippen molar-refractivity contribution in [1.82, 2.24) is 21.1 Å². The predicted molar refractivity (Wildman–Crippen MR) is 196 cm³/mol. The summed E-state index contributed by atoms with van der Waals surface area (Å²) in [6, 6.07) is 14.5. The molecule has 0 bridgehead atoms. The Bertz CT molecular complexity index is 1500. The van der Waals surface area contributed by atoms with E-state index in [1.807, 2.05) is 30.3 Å². The smallest absolute Gasteiger partial charge is 0.301 e. The average Bonchev–Trinajstić information content (AvgIpc) is 2.98. The van der Waals surface area contributed by atoms with Gasteiger partial charge in [0, 0.05) is 5.56 Å². The molecule has 2 aliphatic heterocycles. The van der Waals surface area contributed by atoms with Gasteiger partial charge in [0.15, 0.2) is 0 Å². The third kappa shape index (κ3) is 12.0. The van der Waals surface area contributed by atoms with Crippen molar-refractivity contribution in [3.05, 3.63) is 89.3 Å². The van der Waals surface area contributed by atoms with Gasteiger partial charge in [-0.25, -0.2) is 0 Å². The first kappa shape index (κ1) is 39.7. The fraction of sp³-hybridized carbons (Fsp3) is 0.231. The third-order valence-electron chi connectivity index (χ3n) is 5.49. The van der Waals surface area contributed by atoms with E-state index in [9.17, 15) is 0 Å². The van der Waals surface area contributed by atoms with Crippen LogP contribution in [-0.2, 0) is 0 Å². The Morgan fingerprint density at radius 1 is 0.587 bits per heavy atom. The SMILES string of the molecule is COc1ccc(C2=NN(C(Cl)(Cl)Cl)NC(C(Cl)(Cl)Cl)=C2)cc1.COc1ccc(C=CC2=NN(C(Cl)(Cl)Cl)NC(C(Cl)(Cl)Cl)=C2)cc1. The lowest BCUT2D eigenvalue weighted by molar-refractivity contribution is 0.216. The molecule has 0 spiro atoms. The van der Waals surface area contributed by atoms with E-state index in [4.69, 9.17) is 149 Å². The molecule has 0 saturated carbocycles. The molecule has 46 heavy (non-hydrogen) atoms. The summed E-state index contributed by atoms with van der Waals surface area (Å²) in [5.41, 5.74) is 8.21. The number of nitrogens with zero attached hydrogens (tertiary/aromatic N) is 4. The standard InChI is InChI=1S/C14H11Cl6N3O.C12H9Cl6N3O/c1-24-11-6-3-9(4-7-11)2-5-10-8-12(13(15,16)17)22-23(21-10)14(18,19)20;1-22-8-4-2-7(3-5-8)9-6-10(11(13,14)15)20-21(19-9)12(16,17)18/h2-8,22H,1H3;2-6,20H,1H3. The molecule has 2 N–H and O–H groups in total. The van der Waals surface area contributed by atoms with Crippen molar-refractivity contribution in [3.63, 3.8) is 0 Å². The van der Waals surface area contributed by atoms with Crippen molar-refractivity contribution < 1.29 is 9.47 Å². The van der Waals surface area contributed by atoms with E-state index >= 15 is 0 Å². The molecule has 2 heterocycles. The maximum atomic E-state index is 5.90. The first-order valence-electron chi connectivity index (χ1n) is 12.2. The summed E-state index contributed by atoms with van der Waals surface area (Å²) in [5.74, 6) is 1.45. The van der Waals surface area contributed by atoms with Crippen LogP contribution in [0, 0.1) is 0 Å². The van der Waals surface area contributed by atoms with Gasteiger partial charge in [0.2, 0.25) is 7.59 Å². The van der Waals surface area contributed by atoms with Crippen LogP contribution < -0.4 is 20.3 Å². The van der Waals surface area contributed by atoms with E-state index in [0.717, 1.165) is 27.1 Å². The molecule has 0 aliphatic carbocycles. The monoisotopic (exact) mass is 868 g/mol. The van der Waals surface area contributed by atoms with Crippen molar-refractivity contribution in [2.24, 2.45) is 10.2 Å². The molecule has 2 aromatic carbocycles. The highest BCUT2D eigenvalue weighted by Gasteiger charge is 2.38. The highest BCUT2D eigenvalue weighted by molar-refractivity contribution is 6.70. The third-order valence-corrected chi connectivity index (χ3v) is 7.67. The number of hydrazone groups is 2. The quantitative estimate of drug-likeness (QED) is 0.230. The van der Waals surface area contributed by atoms with Crippen LogP contribution in [0.1, 0.15) is 11.1 Å². The molecule has 0 fully saturated rings. The summed E-state index contributed by atoms with van der Waals surface area (Å²) in [6.45, 7) is 0. The number of alkyl halides is 12. The van der Waals surface area contributed by atoms with E-state index in [2.05, 4.69) is 21.1 Å². The minimum atomic E-state index is -1.87. The second-order valence-corrected chi connectivity index (χ2v) is 17.7. The minimum absolute atomic E-state index is 0.197. The zero-order valence-electron chi connectivity index (χ0n) is 23.1. The Hall–Kier alpha value is -0.720. The highest BCUT2D eigenvalue weighted by Crippen LogP contribution is 2.39. The van der Waals surface area contributed by atoms with E-state index in [0.29, 0.717) is 17.2 Å². The zero-order chi connectivity index (χ0) is 34.5. The van der Waals surface area contributed by atoms with Gasteiger partial charge in [0.1, 0.15) is 11.5 Å². The van der Waals surface area contributed by atoms with Crippen molar-refractivity contribution in [2.75, 3.05) is 14.2 Å². The van der Waals surface area contributed by atoms with Crippen LogP contribution in [0.5, 0.6) is 11.5 Å². The number of hydrogen-bond acceptors (Lipinski definition) is 8. The molecular formula is C26H20Cl12N6O2. The zero-order valence-corrected chi connectivity index (χ0v) is 32.1. The lowest BCUT2D eigenvalue weighted by atomic mass is 10.1. The minimum Gasteiger partial charge on any atom is -0.497 e. The lowest BCUT2D eigenvalue weighted by Gasteiger charge is -2.33. The summed E-state index contributed by atoms with van der Waals surface area (Å²) in [5, 5.41) is 10.3. The Morgan fingerprint density at radius 2 is 1.02 bits per heavy atom. The Kier molecular flexibility index (Phi) is 14.1. The lowest BCUT2D eigenvalue weighted by Crippen LogP contribution is -2.47. The Labute approximate surface area is 325 Å². The number of rotatable bonds is 5. The number of allylic oxidation sites excluding steroid dienone is 5. The number of halogens is 12. The van der Waals surface area contributed by atoms with Gasteiger partial charge in [-0.1, -0.05) is 157 Å². The fourth-order valence-corrected chi connectivity index (χ4v) is 4.38. The molecule has 4 rings (SSSR count). The molecule has 8 nitrogen and oxygen atoms in total. The highest BCUT2D eigenvalue weighted by atomic mass is 35.6. The molecule has 2 aliphatic rings. The van der Waals surface area contributed by atoms with Gasteiger partial charge in [-0.2, -0.15) is 20.4 Å². The van der Waals surface area contributed by atoms with Crippen molar-refractivity contribution >= 4 is 157 Å². The largest absolute Gasteiger partial charge is 0.497 e. The topological polar surface area (TPSA) is 73.7 Å². The van der Waals surface area contributed by atoms with Crippen LogP contribution in [0.2, 0.25) is 0 Å². The van der Waals surface area contributed by atoms with Crippen LogP contribution in [0.4, 0.5) is 0 Å². The van der Waals surface area contributed by atoms with Crippen molar-refractivity contribution in [3.8, 4) is 11.5 Å². The molecule has 0 radical (unpaired) electrons. The second kappa shape index (κ2) is 16.3. The van der Waals surface area contributed by atoms with Gasteiger partial charge in [0.05, 0.1) is 37.0 Å². The van der Waals surface area contributed by atoms with Crippen LogP contribution in [0.3, 0.4) is 0 Å². The fourth-order valence-electron chi connectivity index (χ4n) is 3.32. The van der Waals surface area contributed by atoms with Gasteiger partial charge in [0.25, 0.3) is 0 Å². The van der Waals surface area contributed by atoms with Crippen molar-refractivity contribution in [1.29, 1.82) is 0 Å². The molecule has 20 heteroatoms. The summed E-state index contributed by atoms with van der Waals surface area (Å²) in [7, 11) is 3.17. The van der Waals surface area contributed by atoms with Crippen LogP contribution in [-0.4, -0.2) is 51.3 Å². The summed E-state index contributed by atoms with van der Waals surface area (Å²) in [6.07, 6.45) is 6.61. The van der Waals surface area contributed by atoms with Gasteiger partial charge in [-0.3, -0.25) is 10.9 Å². The number of benzene rings is 2. The van der Waals surface area contributed by atoms with E-state index in [1.54, 1.807) is 56.7 Å². The number of hydrazine groups is 2. The molecule has 0 unspecified atom stereocenters. The molecule has 0 aromatic heterocycles. The van der Waals surface area contributed by atoms with Crippen LogP contribution in [0.15, 0.2) is 88.4 Å². The van der Waals surface area contributed by atoms with Gasteiger partial charge in [-0.05, 0) is 60.2 Å². The molecule has 0 amide bonds. The van der Waals surface area contributed by atoms with E-state index < -0.39 is 15.4 Å². The van der Waals surface area contributed by atoms with Gasteiger partial charge < -0.3 is 9.47 Å². The Balaban J connectivity index is 0.000000251. The number of hydrogen-bond donors (Lipinski definition) is 2. The first-order valence-corrected chi connectivity index (χ1v) is 16.7. The molecule has 250 valence electrons. The first-order chi connectivity index (χ1) is 21.2. The van der Waals surface area contributed by atoms with Gasteiger partial charge >= 0.3 is 7.83 Å². The maximum Gasteiger partial charge on any atom is 0.301 e. The second-order valence-electron chi connectivity index (χ2n) is 8.74. The normalized spacial score (nSPS) is 15.9. The van der Waals surface area contributed by atoms with E-state index in [-0.39, 0.29) is 11.4 Å². The maximum absolute atomic E-state index is 5.90. The number of ether oxygens (including phenoxy) is 2. The molecule has 0 saturated heterocycles. The summed E-state index contributed by atoms with van der Waals surface area (Å²) >= 11 is 70.4. The van der Waals surface area contributed by atoms with Gasteiger partial charge in [-0.15, -0.1) is 0 Å². The number of methoxy groups -OCH3 is 2. The molecule has 2 aromatic rings. The Morgan fingerprint density at radius 3 is 1.46 bits per heavy atom. The summed E-state index contributed by atoms with van der Waals surface area (Å²) in [4.78, 5) is 0. The van der Waals surface area contributed by atoms with E-state index in [1.165, 1.54) is 0 Å². The van der Waals surface area contributed by atoms with Crippen molar-refractivity contribution in [2.45, 2.75) is 15.4 Å². The average molecular weight is 874 g/mol. The van der Waals surface area contributed by atoms with Crippen LogP contribution >= 0.6 is 139 Å². The molecule has 0 atom stereocenters. The molecular weight excluding hydrogens is 854 g/mol. The number of nitrogens with one attached hydrogen (secondary N) is 2. The predicted octanol–water partition coefficient (Wildman–Crippen LogP) is 10.3. The summed E-state index contributed by atoms with van der Waals surface area (Å²) < 4.78 is 3.01.